The van der Waals surface area contributed by atoms with E-state index in [4.69, 9.17) is 40.5 Å². The summed E-state index contributed by atoms with van der Waals surface area (Å²) in [5.41, 5.74) is 6.96. The third-order valence-corrected chi connectivity index (χ3v) is 4.01. The Morgan fingerprint density at radius 1 is 1.10 bits per heavy atom. The van der Waals surface area contributed by atoms with Crippen LogP contribution >= 0.6 is 50.7 Å². The van der Waals surface area contributed by atoms with Crippen LogP contribution in [0.5, 0.6) is 0 Å². The molecule has 0 bridgehead atoms. The van der Waals surface area contributed by atoms with Gasteiger partial charge in [-0.15, -0.1) is 0 Å². The molecule has 7 heteroatoms. The highest BCUT2D eigenvalue weighted by Gasteiger charge is 2.13. The third-order valence-electron chi connectivity index (χ3n) is 2.51. The second-order valence-electron chi connectivity index (χ2n) is 3.93. The quantitative estimate of drug-likeness (QED) is 0.684. The summed E-state index contributed by atoms with van der Waals surface area (Å²) in [6.45, 7) is 0. The lowest BCUT2D eigenvalue weighted by molar-refractivity contribution is 0.102. The second kappa shape index (κ2) is 6.22. The monoisotopic (exact) mass is 392 g/mol. The maximum absolute atomic E-state index is 12.1. The topological polar surface area (TPSA) is 55.1 Å². The van der Waals surface area contributed by atoms with Crippen molar-refractivity contribution in [2.45, 2.75) is 0 Å². The third kappa shape index (κ3) is 3.38. The van der Waals surface area contributed by atoms with E-state index in [0.717, 1.165) is 0 Å². The molecule has 2 rings (SSSR count). The first-order valence-electron chi connectivity index (χ1n) is 5.39. The number of nitrogens with two attached hydrogens (primary N) is 1. The number of hydrogen-bond acceptors (Lipinski definition) is 2. The molecule has 0 radical (unpaired) electrons. The van der Waals surface area contributed by atoms with E-state index in [1.165, 1.54) is 12.1 Å². The summed E-state index contributed by atoms with van der Waals surface area (Å²) >= 11 is 21.1. The lowest BCUT2D eigenvalue weighted by Crippen LogP contribution is -2.12. The molecule has 0 fully saturated rings. The molecular weight excluding hydrogens is 386 g/mol. The maximum Gasteiger partial charge on any atom is 0.255 e. The summed E-state index contributed by atoms with van der Waals surface area (Å²) < 4.78 is 0.637. The van der Waals surface area contributed by atoms with E-state index in [-0.39, 0.29) is 16.0 Å². The summed E-state index contributed by atoms with van der Waals surface area (Å²) in [4.78, 5) is 12.1. The molecule has 0 aliphatic rings. The Labute approximate surface area is 139 Å². The zero-order valence-corrected chi connectivity index (χ0v) is 13.7. The summed E-state index contributed by atoms with van der Waals surface area (Å²) in [6.07, 6.45) is 0. The van der Waals surface area contributed by atoms with Gasteiger partial charge in [-0.2, -0.15) is 0 Å². The van der Waals surface area contributed by atoms with Crippen LogP contribution in [-0.2, 0) is 0 Å². The number of benzene rings is 2. The van der Waals surface area contributed by atoms with Gasteiger partial charge in [-0.3, -0.25) is 4.79 Å². The predicted molar refractivity (Wildman–Crippen MR) is 88.0 cm³/mol. The molecule has 0 saturated carbocycles. The van der Waals surface area contributed by atoms with E-state index in [1.807, 2.05) is 0 Å². The van der Waals surface area contributed by atoms with Gasteiger partial charge in [-0.1, -0.05) is 34.8 Å². The van der Waals surface area contributed by atoms with Gasteiger partial charge in [-0.05, 0) is 46.3 Å². The smallest absolute Gasteiger partial charge is 0.255 e. The normalized spacial score (nSPS) is 10.4. The summed E-state index contributed by atoms with van der Waals surface area (Å²) in [6, 6.07) is 7.85. The van der Waals surface area contributed by atoms with Crippen LogP contribution in [0.25, 0.3) is 0 Å². The summed E-state index contributed by atoms with van der Waals surface area (Å²) in [5, 5.41) is 3.58. The molecule has 0 aliphatic heterocycles. The number of nitrogens with one attached hydrogen (secondary N) is 1. The van der Waals surface area contributed by atoms with Gasteiger partial charge in [0.15, 0.2) is 0 Å². The number of rotatable bonds is 2. The second-order valence-corrected chi connectivity index (χ2v) is 6.04. The first-order valence-corrected chi connectivity index (χ1v) is 7.32. The van der Waals surface area contributed by atoms with Crippen molar-refractivity contribution in [3.63, 3.8) is 0 Å². The van der Waals surface area contributed by atoms with Gasteiger partial charge in [0, 0.05) is 20.7 Å². The standard InChI is InChI=1S/C13H8BrCl3N2O/c14-8-3-6(1-2-11(8)18)13(20)19-12-9(16)4-7(15)5-10(12)17/h1-5H,18H2,(H,19,20). The number of nitrogen functional groups attached to an aromatic ring is 1. The molecule has 0 aliphatic carbocycles. The lowest BCUT2D eigenvalue weighted by atomic mass is 10.2. The molecule has 0 saturated heterocycles. The minimum absolute atomic E-state index is 0.269. The van der Waals surface area contributed by atoms with Gasteiger partial charge in [0.25, 0.3) is 5.91 Å². The van der Waals surface area contributed by atoms with Gasteiger partial charge in [0.05, 0.1) is 15.7 Å². The summed E-state index contributed by atoms with van der Waals surface area (Å²) in [5.74, 6) is -0.350. The minimum Gasteiger partial charge on any atom is -0.398 e. The van der Waals surface area contributed by atoms with E-state index < -0.39 is 0 Å². The van der Waals surface area contributed by atoms with E-state index in [0.29, 0.717) is 26.4 Å². The van der Waals surface area contributed by atoms with E-state index in [1.54, 1.807) is 18.2 Å². The van der Waals surface area contributed by atoms with E-state index >= 15 is 0 Å². The predicted octanol–water partition coefficient (Wildman–Crippen LogP) is 5.24. The van der Waals surface area contributed by atoms with Crippen molar-refractivity contribution < 1.29 is 4.79 Å². The highest BCUT2D eigenvalue weighted by Crippen LogP contribution is 2.34. The molecule has 1 amide bonds. The Kier molecular flexibility index (Phi) is 4.81. The van der Waals surface area contributed by atoms with Gasteiger partial charge in [0.1, 0.15) is 0 Å². The van der Waals surface area contributed by atoms with Crippen LogP contribution < -0.4 is 11.1 Å². The van der Waals surface area contributed by atoms with Crippen LogP contribution in [-0.4, -0.2) is 5.91 Å². The average molecular weight is 394 g/mol. The Hall–Kier alpha value is -0.940. The first kappa shape index (κ1) is 15.4. The van der Waals surface area contributed by atoms with Crippen molar-refractivity contribution in [1.82, 2.24) is 0 Å². The van der Waals surface area contributed by atoms with Crippen molar-refractivity contribution in [2.24, 2.45) is 0 Å². The molecule has 2 aromatic rings. The maximum atomic E-state index is 12.1. The van der Waals surface area contributed by atoms with Crippen LogP contribution in [0.3, 0.4) is 0 Å². The van der Waals surface area contributed by atoms with Crippen LogP contribution in [0.2, 0.25) is 15.1 Å². The van der Waals surface area contributed by atoms with Crippen LogP contribution in [0, 0.1) is 0 Å². The van der Waals surface area contributed by atoms with Crippen molar-refractivity contribution in [3.05, 3.63) is 55.4 Å². The molecule has 20 heavy (non-hydrogen) atoms. The Balaban J connectivity index is 2.30. The molecule has 104 valence electrons. The van der Waals surface area contributed by atoms with E-state index in [2.05, 4.69) is 21.2 Å². The fraction of sp³-hybridized carbons (Fsp3) is 0. The number of anilines is 2. The minimum atomic E-state index is -0.350. The molecule has 2 aromatic carbocycles. The molecule has 0 spiro atoms. The van der Waals surface area contributed by atoms with Crippen molar-refractivity contribution >= 4 is 68.0 Å². The number of carbonyl (C=O) groups is 1. The van der Waals surface area contributed by atoms with Gasteiger partial charge in [-0.25, -0.2) is 0 Å². The molecule has 3 nitrogen and oxygen atoms in total. The van der Waals surface area contributed by atoms with Crippen LogP contribution in [0.4, 0.5) is 11.4 Å². The molecule has 0 heterocycles. The highest BCUT2D eigenvalue weighted by atomic mass is 79.9. The van der Waals surface area contributed by atoms with Gasteiger partial charge < -0.3 is 11.1 Å². The number of amides is 1. The summed E-state index contributed by atoms with van der Waals surface area (Å²) in [7, 11) is 0. The number of carbonyl (C=O) groups excluding carboxylic acids is 1. The van der Waals surface area contributed by atoms with Crippen molar-refractivity contribution in [3.8, 4) is 0 Å². The SMILES string of the molecule is Nc1ccc(C(=O)Nc2c(Cl)cc(Cl)cc2Cl)cc1Br. The molecule has 0 unspecified atom stereocenters. The lowest BCUT2D eigenvalue weighted by Gasteiger charge is -2.10. The Morgan fingerprint density at radius 3 is 2.25 bits per heavy atom. The Bertz CT molecular complexity index is 668. The average Bonchev–Trinajstić information content (AvgIpc) is 2.36. The largest absolute Gasteiger partial charge is 0.398 e. The van der Waals surface area contributed by atoms with Gasteiger partial charge in [0.2, 0.25) is 0 Å². The Morgan fingerprint density at radius 2 is 1.70 bits per heavy atom. The molecule has 0 aromatic heterocycles. The number of hydrogen-bond donors (Lipinski definition) is 2. The first-order chi connectivity index (χ1) is 9.38. The highest BCUT2D eigenvalue weighted by molar-refractivity contribution is 9.10. The van der Waals surface area contributed by atoms with Crippen molar-refractivity contribution in [2.75, 3.05) is 11.1 Å². The van der Waals surface area contributed by atoms with Crippen LogP contribution in [0.15, 0.2) is 34.8 Å². The molecule has 3 N–H and O–H groups in total. The van der Waals surface area contributed by atoms with Crippen molar-refractivity contribution in [1.29, 1.82) is 0 Å². The molecule has 0 atom stereocenters. The number of halogens is 4. The van der Waals surface area contributed by atoms with Gasteiger partial charge >= 0.3 is 0 Å². The zero-order chi connectivity index (χ0) is 14.9. The van der Waals surface area contributed by atoms with E-state index in [9.17, 15) is 4.79 Å². The van der Waals surface area contributed by atoms with Crippen LogP contribution in [0.1, 0.15) is 10.4 Å². The molecular formula is C13H8BrCl3N2O. The fourth-order valence-electron chi connectivity index (χ4n) is 1.52. The zero-order valence-electron chi connectivity index (χ0n) is 9.88. The fourth-order valence-corrected chi connectivity index (χ4v) is 2.81.